The van der Waals surface area contributed by atoms with Crippen molar-refractivity contribution in [1.82, 2.24) is 29.9 Å². The molecule has 6 aliphatic rings. The Bertz CT molecular complexity index is 6650. The van der Waals surface area contributed by atoms with Crippen LogP contribution in [-0.4, -0.2) is 29.9 Å². The average molecular weight is 1440 g/mol. The number of allylic oxidation sites excluding steroid dienone is 6. The van der Waals surface area contributed by atoms with Gasteiger partial charge in [0, 0.05) is 56.0 Å². The van der Waals surface area contributed by atoms with E-state index in [-0.39, 0.29) is 11.8 Å². The van der Waals surface area contributed by atoms with Crippen molar-refractivity contribution in [2.45, 2.75) is 49.9 Å². The molecule has 8 heteroatoms. The lowest BCUT2D eigenvalue weighted by Gasteiger charge is -2.41. The summed E-state index contributed by atoms with van der Waals surface area (Å²) in [4.78, 5) is 32.1. The monoisotopic (exact) mass is 1440 g/mol. The predicted molar refractivity (Wildman–Crippen MR) is 450 cm³/mol. The molecule has 0 radical (unpaired) electrons. The first kappa shape index (κ1) is 65.3. The number of ether oxygens (including phenoxy) is 2. The van der Waals surface area contributed by atoms with Crippen LogP contribution >= 0.6 is 0 Å². The molecule has 0 amide bonds. The molecule has 112 heavy (non-hydrogen) atoms. The van der Waals surface area contributed by atoms with E-state index in [1.807, 2.05) is 18.2 Å². The number of aromatic nitrogens is 6. The van der Waals surface area contributed by atoms with Crippen LogP contribution in [0.15, 0.2) is 351 Å². The zero-order chi connectivity index (χ0) is 74.2. The number of benzene rings is 14. The van der Waals surface area contributed by atoms with Crippen molar-refractivity contribution in [3.8, 4) is 124 Å². The van der Waals surface area contributed by atoms with Crippen molar-refractivity contribution >= 4 is 21.9 Å². The Labute approximate surface area is 650 Å². The standard InChI is InChI=1S/C104H72N6O2/c1-63-43-46-68(47-44-63)98-106-100(75-53-50-65-23-6-7-26-70(65)60-75)110-102(108-98)81-34-11-9-30-77(81)73-55-58-94-90(62-73)104(87-40-19-21-42-92(87)112-94)85-38-17-14-35-82(85)96-88(104)56-45-64(2)95(96)74-28-22-27-71(59-74)66-48-51-69(52-49-66)99-105-97(67-24-4-3-5-25-67)107-101(109-99)80-33-10-8-29-76(80)72-54-57-93-89(61-72)103(86-39-18-20-41-91(86)111-93)83-36-15-12-31-78(83)79-32-13-16-37-84(79)103/h3-42,45-46,48-64,95H,43-44,47H2,1-2H3. The van der Waals surface area contributed by atoms with Crippen molar-refractivity contribution in [2.24, 2.45) is 11.8 Å². The minimum atomic E-state index is -0.738. The van der Waals surface area contributed by atoms with E-state index in [4.69, 9.17) is 39.4 Å². The minimum Gasteiger partial charge on any atom is -0.457 e. The van der Waals surface area contributed by atoms with Crippen LogP contribution in [0.5, 0.6) is 23.0 Å². The van der Waals surface area contributed by atoms with Crippen LogP contribution in [-0.2, 0) is 10.8 Å². The van der Waals surface area contributed by atoms with Crippen LogP contribution in [0.1, 0.15) is 94.9 Å². The summed E-state index contributed by atoms with van der Waals surface area (Å²) in [5, 5.41) is 2.32. The smallest absolute Gasteiger partial charge is 0.164 e. The fourth-order valence-electron chi connectivity index (χ4n) is 19.2. The Balaban J connectivity index is 0.629. The molecule has 14 aromatic carbocycles. The summed E-state index contributed by atoms with van der Waals surface area (Å²) in [6.45, 7) is 4.70. The highest BCUT2D eigenvalue weighted by Gasteiger charge is 2.55. The topological polar surface area (TPSA) is 95.8 Å². The van der Waals surface area contributed by atoms with Gasteiger partial charge in [0.05, 0.1) is 10.8 Å². The van der Waals surface area contributed by atoms with Crippen molar-refractivity contribution < 1.29 is 9.47 Å². The summed E-state index contributed by atoms with van der Waals surface area (Å²) in [6.07, 6.45) is 10.2. The third-order valence-corrected chi connectivity index (χ3v) is 24.4. The normalized spacial score (nSPS) is 17.6. The predicted octanol–water partition coefficient (Wildman–Crippen LogP) is 25.4. The van der Waals surface area contributed by atoms with Gasteiger partial charge in [-0.2, -0.15) is 0 Å². The molecule has 4 unspecified atom stereocenters. The molecule has 2 spiro atoms. The molecule has 8 nitrogen and oxygen atoms in total. The molecule has 0 bridgehead atoms. The first-order valence-corrected chi connectivity index (χ1v) is 39.0. The zero-order valence-electron chi connectivity index (χ0n) is 61.8. The van der Waals surface area contributed by atoms with E-state index in [0.29, 0.717) is 35.0 Å². The fourth-order valence-corrected chi connectivity index (χ4v) is 19.2. The maximum atomic E-state index is 7.11. The summed E-state index contributed by atoms with van der Waals surface area (Å²) in [6, 6.07) is 118. The lowest BCUT2D eigenvalue weighted by molar-refractivity contribution is 0.435. The van der Waals surface area contributed by atoms with Crippen LogP contribution in [0, 0.1) is 11.8 Å². The van der Waals surface area contributed by atoms with E-state index in [1.54, 1.807) is 0 Å². The van der Waals surface area contributed by atoms with E-state index in [9.17, 15) is 0 Å². The van der Waals surface area contributed by atoms with Crippen LogP contribution in [0.2, 0.25) is 0 Å². The lowest BCUT2D eigenvalue weighted by atomic mass is 9.63. The van der Waals surface area contributed by atoms with Crippen molar-refractivity contribution in [1.29, 1.82) is 0 Å². The van der Waals surface area contributed by atoms with Gasteiger partial charge >= 0.3 is 0 Å². The highest BCUT2D eigenvalue weighted by molar-refractivity contribution is 5.96. The summed E-state index contributed by atoms with van der Waals surface area (Å²) in [5.41, 5.74) is 26.4. The van der Waals surface area contributed by atoms with Gasteiger partial charge in [-0.1, -0.05) is 317 Å². The third kappa shape index (κ3) is 10.2. The van der Waals surface area contributed by atoms with E-state index in [2.05, 4.69) is 341 Å². The van der Waals surface area contributed by atoms with E-state index in [0.717, 1.165) is 137 Å². The molecule has 530 valence electrons. The van der Waals surface area contributed by atoms with Gasteiger partial charge in [-0.25, -0.2) is 29.9 Å². The van der Waals surface area contributed by atoms with Gasteiger partial charge in [0.15, 0.2) is 34.9 Å². The Morgan fingerprint density at radius 3 is 1.38 bits per heavy atom. The van der Waals surface area contributed by atoms with Gasteiger partial charge in [0.25, 0.3) is 0 Å². The number of hydrogen-bond donors (Lipinski definition) is 0. The number of hydrogen-bond acceptors (Lipinski definition) is 8. The Hall–Kier alpha value is -13.8. The second-order valence-corrected chi connectivity index (χ2v) is 30.7. The van der Waals surface area contributed by atoms with Gasteiger partial charge < -0.3 is 9.47 Å². The molecular formula is C104H72N6O2. The molecule has 16 aromatic rings. The van der Waals surface area contributed by atoms with Gasteiger partial charge in [0.2, 0.25) is 0 Å². The molecule has 0 saturated carbocycles. The second kappa shape index (κ2) is 25.9. The first-order chi connectivity index (χ1) is 55.3. The van der Waals surface area contributed by atoms with E-state index < -0.39 is 10.8 Å². The van der Waals surface area contributed by atoms with E-state index in [1.165, 1.54) is 61.0 Å². The second-order valence-electron chi connectivity index (χ2n) is 30.7. The molecule has 0 saturated heterocycles. The minimum absolute atomic E-state index is 0.00554. The van der Waals surface area contributed by atoms with Crippen LogP contribution in [0.25, 0.3) is 123 Å². The maximum Gasteiger partial charge on any atom is 0.164 e. The summed E-state index contributed by atoms with van der Waals surface area (Å²) < 4.78 is 14.0. The fraction of sp³-hybridized carbons (Fsp3) is 0.0962. The van der Waals surface area contributed by atoms with Gasteiger partial charge in [-0.3, -0.25) is 0 Å². The highest BCUT2D eigenvalue weighted by atomic mass is 16.5. The molecule has 4 aliphatic carbocycles. The summed E-state index contributed by atoms with van der Waals surface area (Å²) >= 11 is 0. The zero-order valence-corrected chi connectivity index (χ0v) is 61.8. The molecule has 0 fully saturated rings. The molecule has 2 aromatic heterocycles. The maximum absolute atomic E-state index is 7.11. The van der Waals surface area contributed by atoms with E-state index >= 15 is 0 Å². The Morgan fingerprint density at radius 1 is 0.304 bits per heavy atom. The van der Waals surface area contributed by atoms with Crippen LogP contribution < -0.4 is 9.47 Å². The van der Waals surface area contributed by atoms with Crippen molar-refractivity contribution in [2.75, 3.05) is 0 Å². The average Bonchev–Trinajstić information content (AvgIpc) is 1.51. The molecule has 0 N–H and O–H groups in total. The third-order valence-electron chi connectivity index (χ3n) is 24.4. The van der Waals surface area contributed by atoms with Crippen LogP contribution in [0.4, 0.5) is 0 Å². The first-order valence-electron chi connectivity index (χ1n) is 39.0. The summed E-state index contributed by atoms with van der Waals surface area (Å²) in [7, 11) is 0. The Kier molecular flexibility index (Phi) is 15.1. The SMILES string of the molecule is CC1CC=C(c2nc(-c3ccc4ccccc4c3)nc(-c3ccccc3-c3ccc4c(c3)C3(C5=C(c6ccccc63)C(c3cccc(-c6ccc(-c7nc(-c8ccccc8)nc(-c8ccccc8-c8ccc9c(c8)C8(c%10ccccc%10O9)c9ccccc9-c9ccccc98)n7)cc6)c3)C(C)C=C5)c3ccccc3O4)n2)CC1. The van der Waals surface area contributed by atoms with Gasteiger partial charge in [0.1, 0.15) is 23.0 Å². The largest absolute Gasteiger partial charge is 0.457 e. The molecule has 4 heterocycles. The summed E-state index contributed by atoms with van der Waals surface area (Å²) in [5.74, 6) is 7.97. The molecule has 4 atom stereocenters. The van der Waals surface area contributed by atoms with Crippen LogP contribution in [0.3, 0.4) is 0 Å². The number of nitrogens with zero attached hydrogens (tertiary/aromatic N) is 6. The van der Waals surface area contributed by atoms with Crippen molar-refractivity contribution in [3.05, 3.63) is 407 Å². The molecule has 22 rings (SSSR count). The number of fused-ring (bicyclic) bond motifs is 18. The number of para-hydroxylation sites is 2. The molecule has 2 aliphatic heterocycles. The molecular weight excluding hydrogens is 1370 g/mol. The lowest BCUT2D eigenvalue weighted by Crippen LogP contribution is -2.33. The Morgan fingerprint density at radius 2 is 0.750 bits per heavy atom. The quantitative estimate of drug-likeness (QED) is 0.134. The highest BCUT2D eigenvalue weighted by Crippen LogP contribution is 2.67. The number of rotatable bonds is 10. The van der Waals surface area contributed by atoms with Gasteiger partial charge in [-0.15, -0.1) is 0 Å². The van der Waals surface area contributed by atoms with Crippen molar-refractivity contribution in [3.63, 3.8) is 0 Å². The van der Waals surface area contributed by atoms with Gasteiger partial charge in [-0.05, 0) is 173 Å².